The molecule has 4 heterocycles. The van der Waals surface area contributed by atoms with Gasteiger partial charge in [-0.1, -0.05) is 24.3 Å². The van der Waals surface area contributed by atoms with Crippen LogP contribution in [0.4, 0.5) is 11.4 Å². The van der Waals surface area contributed by atoms with Crippen LogP contribution in [-0.2, 0) is 14.4 Å². The molecule has 3 aromatic rings. The largest absolute Gasteiger partial charge is 0.497 e. The van der Waals surface area contributed by atoms with Gasteiger partial charge >= 0.3 is 0 Å². The van der Waals surface area contributed by atoms with E-state index in [0.29, 0.717) is 28.6 Å². The van der Waals surface area contributed by atoms with Gasteiger partial charge in [-0.15, -0.1) is 0 Å². The van der Waals surface area contributed by atoms with Crippen LogP contribution in [0.1, 0.15) is 17.2 Å². The summed E-state index contributed by atoms with van der Waals surface area (Å²) in [4.78, 5) is 44.8. The Morgan fingerprint density at radius 2 is 1.71 bits per heavy atom. The first-order valence-electron chi connectivity index (χ1n) is 12.3. The van der Waals surface area contributed by atoms with Crippen molar-refractivity contribution in [3.8, 4) is 17.2 Å². The molecule has 0 saturated carbocycles. The van der Waals surface area contributed by atoms with Crippen molar-refractivity contribution >= 4 is 35.2 Å². The van der Waals surface area contributed by atoms with Crippen LogP contribution < -0.4 is 24.4 Å². The predicted molar refractivity (Wildman–Crippen MR) is 138 cm³/mol. The van der Waals surface area contributed by atoms with Gasteiger partial charge in [0, 0.05) is 18.0 Å². The second-order valence-electron chi connectivity index (χ2n) is 9.60. The molecule has 3 amide bonds. The number of hydrogen-bond donors (Lipinski definition) is 1. The Kier molecular flexibility index (Phi) is 4.94. The van der Waals surface area contributed by atoms with Crippen LogP contribution in [0.2, 0.25) is 0 Å². The number of carbonyl (C=O) groups excluding carboxylic acids is 3. The maximum Gasteiger partial charge on any atom is 0.247 e. The summed E-state index contributed by atoms with van der Waals surface area (Å²) in [6.45, 7) is 0.122. The highest BCUT2D eigenvalue weighted by Crippen LogP contribution is 2.53. The Balaban J connectivity index is 1.28. The van der Waals surface area contributed by atoms with E-state index in [2.05, 4.69) is 5.32 Å². The van der Waals surface area contributed by atoms with Crippen molar-refractivity contribution in [3.63, 3.8) is 0 Å². The van der Waals surface area contributed by atoms with E-state index in [4.69, 9.17) is 14.2 Å². The Hall–Kier alpha value is -4.79. The van der Waals surface area contributed by atoms with Gasteiger partial charge in [-0.05, 0) is 53.6 Å². The molecule has 4 aliphatic rings. The molecule has 0 spiro atoms. The van der Waals surface area contributed by atoms with Crippen LogP contribution in [0, 0.1) is 11.8 Å². The second kappa shape index (κ2) is 8.37. The number of nitrogens with one attached hydrogen (secondary N) is 1. The molecule has 0 bridgehead atoms. The van der Waals surface area contributed by atoms with Gasteiger partial charge < -0.3 is 24.4 Å². The lowest BCUT2D eigenvalue weighted by Gasteiger charge is -2.35. The van der Waals surface area contributed by atoms with Crippen molar-refractivity contribution in [1.82, 2.24) is 4.90 Å². The molecule has 9 heteroatoms. The molecule has 7 rings (SSSR count). The summed E-state index contributed by atoms with van der Waals surface area (Å²) in [6.07, 6.45) is 3.75. The van der Waals surface area contributed by atoms with E-state index < -0.39 is 29.8 Å². The molecule has 4 atom stereocenters. The van der Waals surface area contributed by atoms with Crippen molar-refractivity contribution in [2.45, 2.75) is 12.1 Å². The Bertz CT molecular complexity index is 1520. The number of rotatable bonds is 4. The lowest BCUT2D eigenvalue weighted by molar-refractivity contribution is -0.128. The van der Waals surface area contributed by atoms with E-state index >= 15 is 0 Å². The second-order valence-corrected chi connectivity index (χ2v) is 9.60. The number of imide groups is 1. The molecule has 9 nitrogen and oxygen atoms in total. The fourth-order valence-electron chi connectivity index (χ4n) is 6.03. The number of fused-ring (bicyclic) bond motifs is 6. The monoisotopic (exact) mass is 509 g/mol. The Labute approximate surface area is 218 Å². The van der Waals surface area contributed by atoms with E-state index in [9.17, 15) is 14.4 Å². The molecule has 3 aromatic carbocycles. The van der Waals surface area contributed by atoms with Crippen molar-refractivity contribution in [2.75, 3.05) is 24.1 Å². The van der Waals surface area contributed by atoms with Crippen molar-refractivity contribution < 1.29 is 28.6 Å². The zero-order valence-electron chi connectivity index (χ0n) is 20.4. The lowest BCUT2D eigenvalue weighted by Crippen LogP contribution is -2.46. The maximum absolute atomic E-state index is 13.9. The van der Waals surface area contributed by atoms with Gasteiger partial charge in [0.1, 0.15) is 11.8 Å². The summed E-state index contributed by atoms with van der Waals surface area (Å²) in [5.74, 6) is -0.905. The molecule has 1 unspecified atom stereocenters. The topological polar surface area (TPSA) is 97.4 Å². The third kappa shape index (κ3) is 3.21. The summed E-state index contributed by atoms with van der Waals surface area (Å²) in [7, 11) is 1.55. The number of benzene rings is 3. The van der Waals surface area contributed by atoms with Crippen LogP contribution in [0.3, 0.4) is 0 Å². The summed E-state index contributed by atoms with van der Waals surface area (Å²) < 4.78 is 16.0. The minimum absolute atomic E-state index is 0.122. The lowest BCUT2D eigenvalue weighted by atomic mass is 9.84. The summed E-state index contributed by atoms with van der Waals surface area (Å²) in [6, 6.07) is 18.4. The minimum atomic E-state index is -0.889. The van der Waals surface area contributed by atoms with Gasteiger partial charge in [-0.2, -0.15) is 0 Å². The predicted octanol–water partition coefficient (Wildman–Crippen LogP) is 3.58. The summed E-state index contributed by atoms with van der Waals surface area (Å²) >= 11 is 0. The van der Waals surface area contributed by atoms with Crippen LogP contribution >= 0.6 is 0 Å². The highest BCUT2D eigenvalue weighted by Gasteiger charge is 2.64. The number of anilines is 2. The molecule has 2 fully saturated rings. The Morgan fingerprint density at radius 1 is 0.947 bits per heavy atom. The number of amides is 3. The molecule has 190 valence electrons. The number of carbonyl (C=O) groups is 3. The minimum Gasteiger partial charge on any atom is -0.497 e. The smallest absolute Gasteiger partial charge is 0.247 e. The highest BCUT2D eigenvalue weighted by molar-refractivity contribution is 6.24. The Morgan fingerprint density at radius 3 is 2.53 bits per heavy atom. The average molecular weight is 510 g/mol. The third-order valence-electron chi connectivity index (χ3n) is 7.70. The van der Waals surface area contributed by atoms with E-state index in [1.807, 2.05) is 41.4 Å². The SMILES string of the molecule is COc1ccc(N2C(=O)[C@@H]3[C@H]4c5ccccc5C=CN4C(C(=O)Nc4ccc5c(c4)OCO5)[C@@H]3C2=O)cc1. The van der Waals surface area contributed by atoms with Gasteiger partial charge in [-0.25, -0.2) is 4.90 Å². The first-order chi connectivity index (χ1) is 18.5. The van der Waals surface area contributed by atoms with E-state index in [-0.39, 0.29) is 18.6 Å². The molecule has 4 aliphatic heterocycles. The number of hydrogen-bond acceptors (Lipinski definition) is 7. The number of nitrogens with zero attached hydrogens (tertiary/aromatic N) is 2. The van der Waals surface area contributed by atoms with E-state index in [0.717, 1.165) is 11.1 Å². The first-order valence-corrected chi connectivity index (χ1v) is 12.3. The standard InChI is InChI=1S/C29H23N3O6/c1-36-19-9-7-18(8-10-19)32-28(34)23-24(29(32)35)26(31-13-12-16-4-2-3-5-20(16)25(23)31)27(33)30-17-6-11-21-22(14-17)38-15-37-21/h2-14,23-26H,15H2,1H3,(H,30,33)/t23-,24+,25+,26?/m0/s1. The summed E-state index contributed by atoms with van der Waals surface area (Å²) in [5.41, 5.74) is 2.86. The van der Waals surface area contributed by atoms with Gasteiger partial charge in [0.15, 0.2) is 11.5 Å². The van der Waals surface area contributed by atoms with Crippen molar-refractivity contribution in [3.05, 3.63) is 84.1 Å². The molecule has 0 aliphatic carbocycles. The first kappa shape index (κ1) is 22.4. The molecule has 0 radical (unpaired) electrons. The van der Waals surface area contributed by atoms with Gasteiger partial charge in [0.05, 0.1) is 30.7 Å². The number of methoxy groups -OCH3 is 1. The molecule has 38 heavy (non-hydrogen) atoms. The van der Waals surface area contributed by atoms with Gasteiger partial charge in [0.2, 0.25) is 24.5 Å². The fourth-order valence-corrected chi connectivity index (χ4v) is 6.03. The van der Waals surface area contributed by atoms with Gasteiger partial charge in [0.25, 0.3) is 0 Å². The zero-order chi connectivity index (χ0) is 26.0. The molecule has 1 N–H and O–H groups in total. The molecular weight excluding hydrogens is 486 g/mol. The van der Waals surface area contributed by atoms with Crippen LogP contribution in [-0.4, -0.2) is 42.6 Å². The van der Waals surface area contributed by atoms with E-state index in [1.54, 1.807) is 49.6 Å². The van der Waals surface area contributed by atoms with Crippen LogP contribution in [0.25, 0.3) is 6.08 Å². The van der Waals surface area contributed by atoms with E-state index in [1.165, 1.54) is 4.90 Å². The average Bonchev–Trinajstić information content (AvgIpc) is 3.61. The number of ether oxygens (including phenoxy) is 3. The molecular formula is C29H23N3O6. The maximum atomic E-state index is 13.9. The van der Waals surface area contributed by atoms with Crippen LogP contribution in [0.5, 0.6) is 17.2 Å². The van der Waals surface area contributed by atoms with Crippen LogP contribution in [0.15, 0.2) is 72.9 Å². The normalized spacial score (nSPS) is 24.2. The summed E-state index contributed by atoms with van der Waals surface area (Å²) in [5, 5.41) is 2.94. The fraction of sp³-hybridized carbons (Fsp3) is 0.207. The molecule has 0 aromatic heterocycles. The zero-order valence-corrected chi connectivity index (χ0v) is 20.4. The van der Waals surface area contributed by atoms with Gasteiger partial charge in [-0.3, -0.25) is 14.4 Å². The van der Waals surface area contributed by atoms with Crippen molar-refractivity contribution in [2.24, 2.45) is 11.8 Å². The highest BCUT2D eigenvalue weighted by atomic mass is 16.7. The third-order valence-corrected chi connectivity index (χ3v) is 7.70. The van der Waals surface area contributed by atoms with Crippen molar-refractivity contribution in [1.29, 1.82) is 0 Å². The quantitative estimate of drug-likeness (QED) is 0.537. The molecule has 2 saturated heterocycles.